The third-order valence-corrected chi connectivity index (χ3v) is 1.43. The average Bonchev–Trinajstić information content (AvgIpc) is 2.74. The van der Waals surface area contributed by atoms with Crippen molar-refractivity contribution in [2.75, 3.05) is 26.9 Å². The molecule has 0 bridgehead atoms. The van der Waals surface area contributed by atoms with Crippen molar-refractivity contribution >= 4 is 0 Å². The highest BCUT2D eigenvalue weighted by molar-refractivity contribution is 4.94. The maximum absolute atomic E-state index is 5.24. The van der Waals surface area contributed by atoms with Gasteiger partial charge in [-0.3, -0.25) is 0 Å². The van der Waals surface area contributed by atoms with Gasteiger partial charge in [0.1, 0.15) is 6.26 Å². The number of aromatic nitrogens is 1. The fraction of sp³-hybridized carbons (Fsp3) is 0.700. The van der Waals surface area contributed by atoms with Gasteiger partial charge in [0.15, 0.2) is 0 Å². The van der Waals surface area contributed by atoms with E-state index in [2.05, 4.69) is 9.68 Å². The van der Waals surface area contributed by atoms with Crippen LogP contribution >= 0.6 is 0 Å². The standard InChI is InChI=1S/C8H13NO3.C2H6/c1-10-6-7-11-4-2-8-3-5-12-9-8;1-2/h3,5H,2,4,6-7H2,1H3;1-2H3. The molecule has 0 aliphatic rings. The summed E-state index contributed by atoms with van der Waals surface area (Å²) in [5, 5.41) is 3.75. The number of hydrogen-bond donors (Lipinski definition) is 0. The molecule has 0 aliphatic heterocycles. The quantitative estimate of drug-likeness (QED) is 0.659. The van der Waals surface area contributed by atoms with Gasteiger partial charge in [-0.05, 0) is 0 Å². The van der Waals surface area contributed by atoms with Crippen LogP contribution in [0.4, 0.5) is 0 Å². The summed E-state index contributed by atoms with van der Waals surface area (Å²) in [5.74, 6) is 0. The lowest BCUT2D eigenvalue weighted by Gasteiger charge is -2.00. The second kappa shape index (κ2) is 10.2. The minimum Gasteiger partial charge on any atom is -0.382 e. The molecule has 0 N–H and O–H groups in total. The van der Waals surface area contributed by atoms with Crippen molar-refractivity contribution in [3.63, 3.8) is 0 Å². The summed E-state index contributed by atoms with van der Waals surface area (Å²) in [4.78, 5) is 0. The van der Waals surface area contributed by atoms with E-state index in [1.807, 2.05) is 19.9 Å². The van der Waals surface area contributed by atoms with Crippen molar-refractivity contribution in [3.05, 3.63) is 18.0 Å². The third kappa shape index (κ3) is 6.62. The fourth-order valence-corrected chi connectivity index (χ4v) is 0.788. The Morgan fingerprint density at radius 2 is 2.07 bits per heavy atom. The SMILES string of the molecule is CC.COCCOCCc1ccon1. The van der Waals surface area contributed by atoms with Crippen LogP contribution in [0.2, 0.25) is 0 Å². The molecule has 0 saturated carbocycles. The molecule has 1 aromatic heterocycles. The van der Waals surface area contributed by atoms with Crippen LogP contribution in [0.3, 0.4) is 0 Å². The van der Waals surface area contributed by atoms with Gasteiger partial charge >= 0.3 is 0 Å². The first kappa shape index (κ1) is 13.1. The number of nitrogens with zero attached hydrogens (tertiary/aromatic N) is 1. The summed E-state index contributed by atoms with van der Waals surface area (Å²) >= 11 is 0. The monoisotopic (exact) mass is 201 g/mol. The maximum atomic E-state index is 5.24. The Morgan fingerprint density at radius 1 is 1.29 bits per heavy atom. The predicted molar refractivity (Wildman–Crippen MR) is 54.3 cm³/mol. The van der Waals surface area contributed by atoms with E-state index in [0.29, 0.717) is 19.8 Å². The predicted octanol–water partition coefficient (Wildman–Crippen LogP) is 1.91. The van der Waals surface area contributed by atoms with Gasteiger partial charge in [-0.25, -0.2) is 0 Å². The lowest BCUT2D eigenvalue weighted by Crippen LogP contribution is -2.04. The summed E-state index contributed by atoms with van der Waals surface area (Å²) in [6.07, 6.45) is 2.35. The zero-order valence-electron chi connectivity index (χ0n) is 9.16. The molecular formula is C10H19NO3. The zero-order valence-corrected chi connectivity index (χ0v) is 9.16. The van der Waals surface area contributed by atoms with E-state index in [4.69, 9.17) is 9.47 Å². The number of rotatable bonds is 6. The molecule has 0 atom stereocenters. The Morgan fingerprint density at radius 3 is 2.64 bits per heavy atom. The zero-order chi connectivity index (χ0) is 10.6. The number of ether oxygens (including phenoxy) is 2. The topological polar surface area (TPSA) is 44.5 Å². The maximum Gasteiger partial charge on any atom is 0.124 e. The van der Waals surface area contributed by atoms with Crippen LogP contribution in [0.25, 0.3) is 0 Å². The molecule has 0 aliphatic carbocycles. The molecule has 0 unspecified atom stereocenters. The number of hydrogen-bond acceptors (Lipinski definition) is 4. The van der Waals surface area contributed by atoms with Crippen molar-refractivity contribution in [1.82, 2.24) is 5.16 Å². The molecule has 4 heteroatoms. The van der Waals surface area contributed by atoms with Crippen molar-refractivity contribution < 1.29 is 14.0 Å². The van der Waals surface area contributed by atoms with Gasteiger partial charge < -0.3 is 14.0 Å². The Labute approximate surface area is 85.2 Å². The second-order valence-corrected chi connectivity index (χ2v) is 2.35. The lowest BCUT2D eigenvalue weighted by atomic mass is 10.3. The van der Waals surface area contributed by atoms with Crippen molar-refractivity contribution in [2.45, 2.75) is 20.3 Å². The van der Waals surface area contributed by atoms with Crippen LogP contribution in [0, 0.1) is 0 Å². The molecule has 4 nitrogen and oxygen atoms in total. The molecule has 0 fully saturated rings. The largest absolute Gasteiger partial charge is 0.382 e. The minimum atomic E-state index is 0.633. The van der Waals surface area contributed by atoms with Gasteiger partial charge in [-0.15, -0.1) is 0 Å². The molecule has 0 amide bonds. The first-order chi connectivity index (χ1) is 6.93. The fourth-order valence-electron chi connectivity index (χ4n) is 0.788. The number of methoxy groups -OCH3 is 1. The van der Waals surface area contributed by atoms with E-state index in [9.17, 15) is 0 Å². The normalized spacial score (nSPS) is 9.36. The third-order valence-electron chi connectivity index (χ3n) is 1.43. The van der Waals surface area contributed by atoms with Gasteiger partial charge in [0.2, 0.25) is 0 Å². The molecule has 1 rings (SSSR count). The van der Waals surface area contributed by atoms with E-state index in [0.717, 1.165) is 12.1 Å². The van der Waals surface area contributed by atoms with Crippen LogP contribution in [0.15, 0.2) is 16.9 Å². The summed E-state index contributed by atoms with van der Waals surface area (Å²) in [7, 11) is 1.65. The van der Waals surface area contributed by atoms with Crippen LogP contribution < -0.4 is 0 Å². The molecule has 0 aromatic carbocycles. The van der Waals surface area contributed by atoms with Gasteiger partial charge in [-0.1, -0.05) is 19.0 Å². The Bertz CT molecular complexity index is 187. The smallest absolute Gasteiger partial charge is 0.124 e. The van der Waals surface area contributed by atoms with E-state index < -0.39 is 0 Å². The van der Waals surface area contributed by atoms with E-state index >= 15 is 0 Å². The van der Waals surface area contributed by atoms with Gasteiger partial charge in [-0.2, -0.15) is 0 Å². The highest BCUT2D eigenvalue weighted by Gasteiger charge is 1.95. The average molecular weight is 201 g/mol. The molecular weight excluding hydrogens is 182 g/mol. The second-order valence-electron chi connectivity index (χ2n) is 2.35. The van der Waals surface area contributed by atoms with E-state index in [-0.39, 0.29) is 0 Å². The highest BCUT2D eigenvalue weighted by atomic mass is 16.5. The van der Waals surface area contributed by atoms with Crippen molar-refractivity contribution in [1.29, 1.82) is 0 Å². The van der Waals surface area contributed by atoms with Crippen molar-refractivity contribution in [2.24, 2.45) is 0 Å². The van der Waals surface area contributed by atoms with Crippen LogP contribution in [0.5, 0.6) is 0 Å². The molecule has 0 spiro atoms. The van der Waals surface area contributed by atoms with Crippen LogP contribution in [0.1, 0.15) is 19.5 Å². The minimum absolute atomic E-state index is 0.633. The molecule has 0 saturated heterocycles. The summed E-state index contributed by atoms with van der Waals surface area (Å²) in [6.45, 7) is 5.93. The van der Waals surface area contributed by atoms with E-state index in [1.54, 1.807) is 13.4 Å². The molecule has 14 heavy (non-hydrogen) atoms. The molecule has 1 heterocycles. The molecule has 1 aromatic rings. The van der Waals surface area contributed by atoms with Crippen LogP contribution in [-0.4, -0.2) is 32.1 Å². The Balaban J connectivity index is 0.000000791. The van der Waals surface area contributed by atoms with Gasteiger partial charge in [0, 0.05) is 19.6 Å². The lowest BCUT2D eigenvalue weighted by molar-refractivity contribution is 0.0717. The Kier molecular flexibility index (Phi) is 9.58. The summed E-state index contributed by atoms with van der Waals surface area (Å²) < 4.78 is 14.7. The van der Waals surface area contributed by atoms with Crippen LogP contribution in [-0.2, 0) is 15.9 Å². The van der Waals surface area contributed by atoms with Gasteiger partial charge in [0.25, 0.3) is 0 Å². The highest BCUT2D eigenvalue weighted by Crippen LogP contribution is 1.95. The molecule has 82 valence electrons. The Hall–Kier alpha value is -0.870. The summed E-state index contributed by atoms with van der Waals surface area (Å²) in [5.41, 5.74) is 0.924. The summed E-state index contributed by atoms with van der Waals surface area (Å²) in [6, 6.07) is 1.83. The first-order valence-electron chi connectivity index (χ1n) is 4.89. The first-order valence-corrected chi connectivity index (χ1v) is 4.89. The van der Waals surface area contributed by atoms with E-state index in [1.165, 1.54) is 0 Å². The molecule has 0 radical (unpaired) electrons. The van der Waals surface area contributed by atoms with Gasteiger partial charge in [0.05, 0.1) is 25.5 Å². The van der Waals surface area contributed by atoms with Crippen molar-refractivity contribution in [3.8, 4) is 0 Å².